The lowest BCUT2D eigenvalue weighted by Crippen LogP contribution is -2.29. The molecule has 2 N–H and O–H groups in total. The van der Waals surface area contributed by atoms with Gasteiger partial charge in [0, 0.05) is 0 Å². The van der Waals surface area contributed by atoms with Crippen molar-refractivity contribution in [3.8, 4) is 0 Å². The second-order valence-corrected chi connectivity index (χ2v) is 3.51. The van der Waals surface area contributed by atoms with Gasteiger partial charge < -0.3 is 9.57 Å². The minimum absolute atomic E-state index is 0.169. The van der Waals surface area contributed by atoms with Crippen LogP contribution in [0.15, 0.2) is 0 Å². The molecule has 1 atom stereocenters. The van der Waals surface area contributed by atoms with E-state index in [1.54, 1.807) is 0 Å². The molecule has 4 heteroatoms. The largest absolute Gasteiger partial charge is 0.469 e. The van der Waals surface area contributed by atoms with Crippen molar-refractivity contribution in [1.82, 2.24) is 0 Å². The number of hydrogen-bond donors (Lipinski definition) is 1. The van der Waals surface area contributed by atoms with Gasteiger partial charge in [-0.15, -0.1) is 0 Å². The molecule has 0 spiro atoms. The third-order valence-corrected chi connectivity index (χ3v) is 2.75. The highest BCUT2D eigenvalue weighted by atomic mass is 16.6. The molecule has 76 valence electrons. The van der Waals surface area contributed by atoms with Crippen LogP contribution in [-0.2, 0) is 14.4 Å². The van der Waals surface area contributed by atoms with Crippen LogP contribution in [0.5, 0.6) is 0 Å². The van der Waals surface area contributed by atoms with E-state index in [1.165, 1.54) is 20.0 Å². The van der Waals surface area contributed by atoms with Gasteiger partial charge in [-0.1, -0.05) is 12.8 Å². The molecule has 0 radical (unpaired) electrons. The first-order valence-electron chi connectivity index (χ1n) is 4.69. The smallest absolute Gasteiger partial charge is 0.311 e. The average Bonchev–Trinajstić information content (AvgIpc) is 2.65. The van der Waals surface area contributed by atoms with Crippen molar-refractivity contribution >= 4 is 5.97 Å². The summed E-state index contributed by atoms with van der Waals surface area (Å²) in [5.74, 6) is 5.01. The number of rotatable bonds is 4. The molecule has 0 saturated heterocycles. The minimum Gasteiger partial charge on any atom is -0.469 e. The Bertz CT molecular complexity index is 166. The molecule has 1 unspecified atom stereocenters. The van der Waals surface area contributed by atoms with E-state index in [-0.39, 0.29) is 18.5 Å². The number of carbonyl (C=O) groups is 1. The molecule has 4 nitrogen and oxygen atoms in total. The summed E-state index contributed by atoms with van der Waals surface area (Å²) < 4.78 is 4.70. The predicted octanol–water partition coefficient (Wildman–Crippen LogP) is 0.856. The lowest BCUT2D eigenvalue weighted by atomic mass is 9.92. The molecule has 1 rings (SSSR count). The van der Waals surface area contributed by atoms with Crippen molar-refractivity contribution < 1.29 is 14.4 Å². The van der Waals surface area contributed by atoms with E-state index in [0.29, 0.717) is 5.92 Å². The Balaban J connectivity index is 2.49. The second kappa shape index (κ2) is 5.19. The fourth-order valence-corrected chi connectivity index (χ4v) is 2.01. The first-order chi connectivity index (χ1) is 6.29. The normalized spacial score (nSPS) is 20.2. The maximum Gasteiger partial charge on any atom is 0.311 e. The summed E-state index contributed by atoms with van der Waals surface area (Å²) >= 11 is 0. The van der Waals surface area contributed by atoms with E-state index in [9.17, 15) is 4.79 Å². The molecular weight excluding hydrogens is 170 g/mol. The highest BCUT2D eigenvalue weighted by molar-refractivity contribution is 5.72. The molecule has 0 amide bonds. The molecule has 1 aliphatic carbocycles. The van der Waals surface area contributed by atoms with Gasteiger partial charge in [-0.3, -0.25) is 4.79 Å². The fourth-order valence-electron chi connectivity index (χ4n) is 2.01. The first kappa shape index (κ1) is 10.5. The van der Waals surface area contributed by atoms with Crippen LogP contribution in [0.4, 0.5) is 0 Å². The van der Waals surface area contributed by atoms with Crippen LogP contribution in [0.2, 0.25) is 0 Å². The Hall–Kier alpha value is -0.610. The van der Waals surface area contributed by atoms with Crippen LogP contribution >= 0.6 is 0 Å². The summed E-state index contributed by atoms with van der Waals surface area (Å²) in [5.41, 5.74) is 0. The van der Waals surface area contributed by atoms with Crippen LogP contribution in [0.1, 0.15) is 25.7 Å². The Morgan fingerprint density at radius 1 is 1.54 bits per heavy atom. The summed E-state index contributed by atoms with van der Waals surface area (Å²) in [6.07, 6.45) is 4.57. The van der Waals surface area contributed by atoms with Crippen molar-refractivity contribution in [1.29, 1.82) is 0 Å². The fraction of sp³-hybridized carbons (Fsp3) is 0.889. The van der Waals surface area contributed by atoms with Gasteiger partial charge >= 0.3 is 5.97 Å². The highest BCUT2D eigenvalue weighted by Crippen LogP contribution is 2.31. The standard InChI is InChI=1S/C9H17NO3/c1-12-9(11)8(6-13-10)7-4-2-3-5-7/h7-8H,2-6,10H2,1H3. The minimum atomic E-state index is -0.197. The van der Waals surface area contributed by atoms with Gasteiger partial charge in [0.1, 0.15) is 0 Å². The Kier molecular flexibility index (Phi) is 4.18. The summed E-state index contributed by atoms with van der Waals surface area (Å²) in [4.78, 5) is 15.9. The van der Waals surface area contributed by atoms with Crippen molar-refractivity contribution in [2.24, 2.45) is 17.7 Å². The molecule has 1 fully saturated rings. The molecule has 1 saturated carbocycles. The summed E-state index contributed by atoms with van der Waals surface area (Å²) in [6.45, 7) is 0.275. The molecule has 1 aliphatic rings. The van der Waals surface area contributed by atoms with Crippen LogP contribution in [0.3, 0.4) is 0 Å². The SMILES string of the molecule is COC(=O)C(CON)C1CCCC1. The quantitative estimate of drug-likeness (QED) is 0.523. The van der Waals surface area contributed by atoms with E-state index in [2.05, 4.69) is 4.84 Å². The third-order valence-electron chi connectivity index (χ3n) is 2.75. The van der Waals surface area contributed by atoms with Crippen molar-refractivity contribution in [2.75, 3.05) is 13.7 Å². The van der Waals surface area contributed by atoms with Crippen molar-refractivity contribution in [3.05, 3.63) is 0 Å². The number of ether oxygens (including phenoxy) is 1. The van der Waals surface area contributed by atoms with Gasteiger partial charge in [-0.2, -0.15) is 0 Å². The molecule has 0 aromatic carbocycles. The summed E-state index contributed by atoms with van der Waals surface area (Å²) in [7, 11) is 1.40. The number of esters is 1. The van der Waals surface area contributed by atoms with Gasteiger partial charge in [-0.05, 0) is 18.8 Å². The second-order valence-electron chi connectivity index (χ2n) is 3.51. The molecule has 0 aromatic heterocycles. The summed E-state index contributed by atoms with van der Waals surface area (Å²) in [6, 6.07) is 0. The highest BCUT2D eigenvalue weighted by Gasteiger charge is 2.31. The number of nitrogens with two attached hydrogens (primary N) is 1. The van der Waals surface area contributed by atoms with E-state index in [4.69, 9.17) is 10.6 Å². The van der Waals surface area contributed by atoms with E-state index >= 15 is 0 Å². The Morgan fingerprint density at radius 3 is 2.62 bits per heavy atom. The van der Waals surface area contributed by atoms with E-state index in [1.807, 2.05) is 0 Å². The maximum absolute atomic E-state index is 11.3. The van der Waals surface area contributed by atoms with Crippen LogP contribution in [0, 0.1) is 11.8 Å². The van der Waals surface area contributed by atoms with Gasteiger partial charge in [0.2, 0.25) is 0 Å². The first-order valence-corrected chi connectivity index (χ1v) is 4.69. The average molecular weight is 187 g/mol. The van der Waals surface area contributed by atoms with E-state index in [0.717, 1.165) is 12.8 Å². The molecule has 0 heterocycles. The Morgan fingerprint density at radius 2 is 2.15 bits per heavy atom. The molecule has 0 aliphatic heterocycles. The molecule has 0 bridgehead atoms. The Labute approximate surface area is 78.3 Å². The number of hydrogen-bond acceptors (Lipinski definition) is 4. The van der Waals surface area contributed by atoms with Gasteiger partial charge in [0.05, 0.1) is 19.6 Å². The lowest BCUT2D eigenvalue weighted by molar-refractivity contribution is -0.150. The zero-order valence-electron chi connectivity index (χ0n) is 7.99. The maximum atomic E-state index is 11.3. The van der Waals surface area contributed by atoms with Crippen LogP contribution < -0.4 is 5.90 Å². The predicted molar refractivity (Wildman–Crippen MR) is 47.6 cm³/mol. The van der Waals surface area contributed by atoms with Crippen LogP contribution in [0.25, 0.3) is 0 Å². The van der Waals surface area contributed by atoms with E-state index < -0.39 is 0 Å². The molecule has 13 heavy (non-hydrogen) atoms. The third kappa shape index (κ3) is 2.67. The van der Waals surface area contributed by atoms with Gasteiger partial charge in [0.15, 0.2) is 0 Å². The lowest BCUT2D eigenvalue weighted by Gasteiger charge is -2.19. The van der Waals surface area contributed by atoms with Gasteiger partial charge in [0.25, 0.3) is 0 Å². The van der Waals surface area contributed by atoms with Crippen molar-refractivity contribution in [3.63, 3.8) is 0 Å². The van der Waals surface area contributed by atoms with Gasteiger partial charge in [-0.25, -0.2) is 5.90 Å². The summed E-state index contributed by atoms with van der Waals surface area (Å²) in [5, 5.41) is 0. The zero-order chi connectivity index (χ0) is 9.68. The number of methoxy groups -OCH3 is 1. The zero-order valence-corrected chi connectivity index (χ0v) is 7.99. The topological polar surface area (TPSA) is 61.5 Å². The monoisotopic (exact) mass is 187 g/mol. The molecule has 0 aromatic rings. The number of carbonyl (C=O) groups excluding carboxylic acids is 1. The van der Waals surface area contributed by atoms with Crippen molar-refractivity contribution in [2.45, 2.75) is 25.7 Å². The van der Waals surface area contributed by atoms with Crippen LogP contribution in [-0.4, -0.2) is 19.7 Å². The molecular formula is C9H17NO3.